The van der Waals surface area contributed by atoms with Crippen molar-refractivity contribution in [2.24, 2.45) is 0 Å². The molecule has 0 heterocycles. The van der Waals surface area contributed by atoms with E-state index in [0.29, 0.717) is 6.54 Å². The van der Waals surface area contributed by atoms with Gasteiger partial charge in [0.2, 0.25) is 0 Å². The van der Waals surface area contributed by atoms with Gasteiger partial charge in [-0.05, 0) is 23.3 Å². The summed E-state index contributed by atoms with van der Waals surface area (Å²) in [7, 11) is 0. The fourth-order valence-corrected chi connectivity index (χ4v) is 3.69. The number of rotatable bonds is 9. The normalized spacial score (nSPS) is 10.5. The molecule has 0 radical (unpaired) electrons. The summed E-state index contributed by atoms with van der Waals surface area (Å²) >= 11 is 1.66. The Morgan fingerprint density at radius 2 is 1.31 bits per heavy atom. The fraction of sp³-hybridized carbons (Fsp3) is 0.167. The zero-order valence-electron chi connectivity index (χ0n) is 16.0. The topological polar surface area (TPSA) is 55.4 Å². The largest absolute Gasteiger partial charge is 0.455 e. The van der Waals surface area contributed by atoms with Crippen molar-refractivity contribution < 1.29 is 14.3 Å². The Morgan fingerprint density at radius 1 is 0.793 bits per heavy atom. The van der Waals surface area contributed by atoms with Crippen molar-refractivity contribution >= 4 is 23.6 Å². The van der Waals surface area contributed by atoms with Crippen LogP contribution in [0, 0.1) is 0 Å². The Labute approximate surface area is 175 Å². The number of esters is 1. The molecule has 0 fully saturated rings. The van der Waals surface area contributed by atoms with E-state index < -0.39 is 11.9 Å². The Hall–Kier alpha value is -3.05. The van der Waals surface area contributed by atoms with E-state index in [2.05, 4.69) is 5.32 Å². The molecule has 0 unspecified atom stereocenters. The van der Waals surface area contributed by atoms with Crippen molar-refractivity contribution in [1.29, 1.82) is 0 Å². The van der Waals surface area contributed by atoms with Gasteiger partial charge in [-0.1, -0.05) is 78.9 Å². The van der Waals surface area contributed by atoms with E-state index in [4.69, 9.17) is 4.74 Å². The monoisotopic (exact) mass is 405 g/mol. The van der Waals surface area contributed by atoms with Crippen LogP contribution in [-0.2, 0) is 14.3 Å². The third-order valence-corrected chi connectivity index (χ3v) is 5.30. The van der Waals surface area contributed by atoms with Gasteiger partial charge in [-0.2, -0.15) is 0 Å². The third kappa shape index (κ3) is 6.50. The van der Waals surface area contributed by atoms with Crippen LogP contribution >= 0.6 is 11.8 Å². The van der Waals surface area contributed by atoms with E-state index in [9.17, 15) is 9.59 Å². The van der Waals surface area contributed by atoms with Crippen LogP contribution in [0.25, 0.3) is 0 Å². The minimum Gasteiger partial charge on any atom is -0.455 e. The predicted octanol–water partition coefficient (Wildman–Crippen LogP) is 4.27. The third-order valence-electron chi connectivity index (χ3n) is 4.28. The lowest BCUT2D eigenvalue weighted by Crippen LogP contribution is -2.31. The molecule has 0 aromatic heterocycles. The Balaban J connectivity index is 1.50. The summed E-state index contributed by atoms with van der Waals surface area (Å²) in [5, 5.41) is 2.79. The first-order chi connectivity index (χ1) is 14.2. The van der Waals surface area contributed by atoms with Crippen molar-refractivity contribution in [3.63, 3.8) is 0 Å². The summed E-state index contributed by atoms with van der Waals surface area (Å²) < 4.78 is 5.33. The molecule has 0 saturated carbocycles. The van der Waals surface area contributed by atoms with E-state index >= 15 is 0 Å². The van der Waals surface area contributed by atoms with Gasteiger partial charge in [0.1, 0.15) is 5.92 Å². The molecule has 1 N–H and O–H groups in total. The second-order valence-corrected chi connectivity index (χ2v) is 7.54. The fourth-order valence-electron chi connectivity index (χ4n) is 2.90. The summed E-state index contributed by atoms with van der Waals surface area (Å²) in [6.07, 6.45) is 0. The first-order valence-corrected chi connectivity index (χ1v) is 10.4. The van der Waals surface area contributed by atoms with Crippen molar-refractivity contribution in [3.05, 3.63) is 102 Å². The number of amides is 1. The van der Waals surface area contributed by atoms with Crippen LogP contribution in [0.4, 0.5) is 0 Å². The van der Waals surface area contributed by atoms with Gasteiger partial charge < -0.3 is 10.1 Å². The number of hydrogen-bond donors (Lipinski definition) is 1. The second kappa shape index (κ2) is 11.1. The summed E-state index contributed by atoms with van der Waals surface area (Å²) in [6, 6.07) is 28.9. The Bertz CT molecular complexity index is 862. The quantitative estimate of drug-likeness (QED) is 0.328. The van der Waals surface area contributed by atoms with Gasteiger partial charge >= 0.3 is 5.97 Å². The van der Waals surface area contributed by atoms with E-state index in [0.717, 1.165) is 21.8 Å². The summed E-state index contributed by atoms with van der Waals surface area (Å²) in [5.41, 5.74) is 1.67. The zero-order valence-corrected chi connectivity index (χ0v) is 16.8. The van der Waals surface area contributed by atoms with Gasteiger partial charge in [-0.25, -0.2) is 0 Å². The van der Waals surface area contributed by atoms with Crippen LogP contribution in [0.15, 0.2) is 95.9 Å². The van der Waals surface area contributed by atoms with Crippen molar-refractivity contribution in [1.82, 2.24) is 5.32 Å². The van der Waals surface area contributed by atoms with Gasteiger partial charge in [0, 0.05) is 17.2 Å². The lowest BCUT2D eigenvalue weighted by Gasteiger charge is -2.17. The van der Waals surface area contributed by atoms with E-state index in [1.165, 1.54) is 0 Å². The highest BCUT2D eigenvalue weighted by molar-refractivity contribution is 7.99. The van der Waals surface area contributed by atoms with Crippen molar-refractivity contribution in [3.8, 4) is 0 Å². The number of benzene rings is 3. The molecule has 4 nitrogen and oxygen atoms in total. The molecule has 1 amide bonds. The molecule has 0 spiro atoms. The second-order valence-electron chi connectivity index (χ2n) is 6.37. The first kappa shape index (κ1) is 20.7. The number of hydrogen-bond acceptors (Lipinski definition) is 4. The number of nitrogens with one attached hydrogen (secondary N) is 1. The molecule has 0 atom stereocenters. The maximum absolute atomic E-state index is 12.8. The van der Waals surface area contributed by atoms with Crippen LogP contribution in [-0.4, -0.2) is 30.8 Å². The van der Waals surface area contributed by atoms with E-state index in [1.807, 2.05) is 91.0 Å². The zero-order chi connectivity index (χ0) is 20.3. The number of carbonyl (C=O) groups is 2. The maximum Gasteiger partial charge on any atom is 0.318 e. The molecule has 3 aromatic carbocycles. The molecule has 3 aromatic rings. The number of thioether (sulfide) groups is 1. The molecule has 0 aliphatic rings. The van der Waals surface area contributed by atoms with Crippen LogP contribution in [0.3, 0.4) is 0 Å². The highest BCUT2D eigenvalue weighted by Gasteiger charge is 2.24. The molecule has 5 heteroatoms. The molecule has 29 heavy (non-hydrogen) atoms. The van der Waals surface area contributed by atoms with Gasteiger partial charge in [0.05, 0.1) is 0 Å². The lowest BCUT2D eigenvalue weighted by atomic mass is 9.91. The molecule has 0 aliphatic carbocycles. The van der Waals surface area contributed by atoms with Gasteiger partial charge in [0.25, 0.3) is 5.91 Å². The predicted molar refractivity (Wildman–Crippen MR) is 116 cm³/mol. The smallest absolute Gasteiger partial charge is 0.318 e. The summed E-state index contributed by atoms with van der Waals surface area (Å²) in [5.74, 6) is -0.540. The van der Waals surface area contributed by atoms with Crippen molar-refractivity contribution in [2.45, 2.75) is 10.8 Å². The molecule has 0 saturated heterocycles. The van der Waals surface area contributed by atoms with Crippen LogP contribution < -0.4 is 5.32 Å². The van der Waals surface area contributed by atoms with Gasteiger partial charge in [0.15, 0.2) is 6.61 Å². The molecular weight excluding hydrogens is 382 g/mol. The van der Waals surface area contributed by atoms with Gasteiger partial charge in [-0.15, -0.1) is 11.8 Å². The molecule has 0 aliphatic heterocycles. The molecular formula is C24H23NO3S. The number of ether oxygens (including phenoxy) is 1. The van der Waals surface area contributed by atoms with E-state index in [-0.39, 0.29) is 12.5 Å². The summed E-state index contributed by atoms with van der Waals surface area (Å²) in [6.45, 7) is 0.224. The highest BCUT2D eigenvalue weighted by atomic mass is 32.2. The van der Waals surface area contributed by atoms with Crippen molar-refractivity contribution in [2.75, 3.05) is 18.9 Å². The van der Waals surface area contributed by atoms with Gasteiger partial charge in [-0.3, -0.25) is 9.59 Å². The average Bonchev–Trinajstić information content (AvgIpc) is 2.78. The SMILES string of the molecule is O=C(COC(=O)C(c1ccccc1)c1ccccc1)NCCSc1ccccc1. The molecule has 3 rings (SSSR count). The molecule has 0 bridgehead atoms. The summed E-state index contributed by atoms with van der Waals surface area (Å²) in [4.78, 5) is 26.0. The number of carbonyl (C=O) groups excluding carboxylic acids is 2. The first-order valence-electron chi connectivity index (χ1n) is 9.45. The van der Waals surface area contributed by atoms with E-state index in [1.54, 1.807) is 11.8 Å². The standard InChI is InChI=1S/C24H23NO3S/c26-22(25-16-17-29-21-14-8-3-9-15-21)18-28-24(27)23(19-10-4-1-5-11-19)20-12-6-2-7-13-20/h1-15,23H,16-18H2,(H,25,26). The Kier molecular flexibility index (Phi) is 7.90. The Morgan fingerprint density at radius 3 is 1.86 bits per heavy atom. The minimum absolute atomic E-state index is 0.287. The highest BCUT2D eigenvalue weighted by Crippen LogP contribution is 2.25. The minimum atomic E-state index is -0.557. The average molecular weight is 406 g/mol. The molecule has 148 valence electrons. The lowest BCUT2D eigenvalue weighted by molar-refractivity contribution is -0.149. The maximum atomic E-state index is 12.8. The van der Waals surface area contributed by atoms with Crippen LogP contribution in [0.5, 0.6) is 0 Å². The van der Waals surface area contributed by atoms with Crippen LogP contribution in [0.1, 0.15) is 17.0 Å². The van der Waals surface area contributed by atoms with Crippen LogP contribution in [0.2, 0.25) is 0 Å².